The fourth-order valence-electron chi connectivity index (χ4n) is 2.34. The molecule has 1 heterocycles. The predicted octanol–water partition coefficient (Wildman–Crippen LogP) is 3.01. The SMILES string of the molecule is CN(CC(=O)Nc1cccc(NC(=O)C2CC2)c1)S(=O)(=O)c1ccc(Cl)s1. The molecular formula is C17H18ClN3O4S2. The summed E-state index contributed by atoms with van der Waals surface area (Å²) in [5.74, 6) is -0.443. The van der Waals surface area contributed by atoms with E-state index < -0.39 is 15.9 Å². The van der Waals surface area contributed by atoms with Gasteiger partial charge in [-0.2, -0.15) is 4.31 Å². The number of carbonyl (C=O) groups is 2. The Kier molecular flexibility index (Phi) is 5.85. The lowest BCUT2D eigenvalue weighted by molar-refractivity contribution is -0.117. The van der Waals surface area contributed by atoms with E-state index in [1.54, 1.807) is 24.3 Å². The molecule has 0 spiro atoms. The molecule has 0 atom stereocenters. The highest BCUT2D eigenvalue weighted by atomic mass is 35.5. The van der Waals surface area contributed by atoms with Gasteiger partial charge in [-0.3, -0.25) is 9.59 Å². The van der Waals surface area contributed by atoms with Crippen molar-refractivity contribution in [3.8, 4) is 0 Å². The van der Waals surface area contributed by atoms with E-state index in [0.717, 1.165) is 28.5 Å². The highest BCUT2D eigenvalue weighted by Crippen LogP contribution is 2.30. The van der Waals surface area contributed by atoms with Crippen LogP contribution < -0.4 is 10.6 Å². The molecule has 1 saturated carbocycles. The molecule has 144 valence electrons. The van der Waals surface area contributed by atoms with Crippen LogP contribution in [0.25, 0.3) is 0 Å². The second-order valence-corrected chi connectivity index (χ2v) is 10.2. The zero-order valence-electron chi connectivity index (χ0n) is 14.4. The Hall–Kier alpha value is -1.94. The topological polar surface area (TPSA) is 95.6 Å². The first-order valence-electron chi connectivity index (χ1n) is 8.18. The summed E-state index contributed by atoms with van der Waals surface area (Å²) in [5.41, 5.74) is 1.05. The fraction of sp³-hybridized carbons (Fsp3) is 0.294. The second-order valence-electron chi connectivity index (χ2n) is 6.21. The van der Waals surface area contributed by atoms with Gasteiger partial charge in [0.2, 0.25) is 11.8 Å². The van der Waals surface area contributed by atoms with Gasteiger partial charge in [-0.15, -0.1) is 11.3 Å². The zero-order valence-corrected chi connectivity index (χ0v) is 16.8. The Morgan fingerprint density at radius 2 is 1.85 bits per heavy atom. The summed E-state index contributed by atoms with van der Waals surface area (Å²) in [7, 11) is -2.45. The average Bonchev–Trinajstić information content (AvgIpc) is 3.36. The molecule has 7 nitrogen and oxygen atoms in total. The van der Waals surface area contributed by atoms with E-state index in [1.165, 1.54) is 19.2 Å². The van der Waals surface area contributed by atoms with Gasteiger partial charge in [-0.1, -0.05) is 17.7 Å². The van der Waals surface area contributed by atoms with Crippen molar-refractivity contribution in [1.82, 2.24) is 4.31 Å². The van der Waals surface area contributed by atoms with Gasteiger partial charge in [-0.05, 0) is 43.2 Å². The van der Waals surface area contributed by atoms with Crippen molar-refractivity contribution in [1.29, 1.82) is 0 Å². The number of amides is 2. The number of nitrogens with one attached hydrogen (secondary N) is 2. The van der Waals surface area contributed by atoms with Gasteiger partial charge in [0.1, 0.15) is 4.21 Å². The van der Waals surface area contributed by atoms with Crippen LogP contribution in [0.5, 0.6) is 0 Å². The number of likely N-dealkylation sites (N-methyl/N-ethyl adjacent to an activating group) is 1. The van der Waals surface area contributed by atoms with Crippen LogP contribution in [0.3, 0.4) is 0 Å². The fourth-order valence-corrected chi connectivity index (χ4v) is 5.16. The summed E-state index contributed by atoms with van der Waals surface area (Å²) in [6.07, 6.45) is 1.80. The van der Waals surface area contributed by atoms with E-state index >= 15 is 0 Å². The predicted molar refractivity (Wildman–Crippen MR) is 106 cm³/mol. The lowest BCUT2D eigenvalue weighted by Crippen LogP contribution is -2.34. The zero-order chi connectivity index (χ0) is 19.6. The van der Waals surface area contributed by atoms with Crippen LogP contribution >= 0.6 is 22.9 Å². The first-order valence-corrected chi connectivity index (χ1v) is 10.8. The van der Waals surface area contributed by atoms with Gasteiger partial charge >= 0.3 is 0 Å². The van der Waals surface area contributed by atoms with Crippen LogP contribution in [-0.2, 0) is 19.6 Å². The standard InChI is InChI=1S/C17H18ClN3O4S2/c1-21(27(24,25)16-8-7-14(18)26-16)10-15(22)19-12-3-2-4-13(9-12)20-17(23)11-5-6-11/h2-4,7-9,11H,5-6,10H2,1H3,(H,19,22)(H,20,23). The summed E-state index contributed by atoms with van der Waals surface area (Å²) in [6.45, 7) is -0.351. The smallest absolute Gasteiger partial charge is 0.252 e. The molecule has 10 heteroatoms. The molecular weight excluding hydrogens is 410 g/mol. The maximum Gasteiger partial charge on any atom is 0.252 e. The van der Waals surface area contributed by atoms with Crippen molar-refractivity contribution < 1.29 is 18.0 Å². The largest absolute Gasteiger partial charge is 0.326 e. The first-order chi connectivity index (χ1) is 12.8. The molecule has 0 aliphatic heterocycles. The second kappa shape index (κ2) is 7.97. The molecule has 2 N–H and O–H groups in total. The Labute approximate surface area is 166 Å². The molecule has 2 amide bonds. The van der Waals surface area contributed by atoms with Gasteiger partial charge in [0.15, 0.2) is 0 Å². The number of sulfonamides is 1. The van der Waals surface area contributed by atoms with E-state index in [4.69, 9.17) is 11.6 Å². The monoisotopic (exact) mass is 427 g/mol. The third kappa shape index (κ3) is 5.07. The third-order valence-corrected chi connectivity index (χ3v) is 7.44. The van der Waals surface area contributed by atoms with E-state index in [-0.39, 0.29) is 22.6 Å². The van der Waals surface area contributed by atoms with Crippen molar-refractivity contribution in [2.24, 2.45) is 5.92 Å². The maximum absolute atomic E-state index is 12.4. The minimum absolute atomic E-state index is 0.0288. The number of carbonyl (C=O) groups excluding carboxylic acids is 2. The van der Waals surface area contributed by atoms with Crippen molar-refractivity contribution in [2.75, 3.05) is 24.2 Å². The number of benzene rings is 1. The minimum atomic E-state index is -3.78. The van der Waals surface area contributed by atoms with Crippen molar-refractivity contribution >= 4 is 56.2 Å². The number of anilines is 2. The van der Waals surface area contributed by atoms with Gasteiger partial charge in [-0.25, -0.2) is 8.42 Å². The Morgan fingerprint density at radius 1 is 1.19 bits per heavy atom. The Bertz CT molecular complexity index is 970. The summed E-state index contributed by atoms with van der Waals surface area (Å²) < 4.78 is 26.3. The summed E-state index contributed by atoms with van der Waals surface area (Å²) in [6, 6.07) is 9.63. The van der Waals surface area contributed by atoms with Gasteiger partial charge in [0.25, 0.3) is 10.0 Å². The van der Waals surface area contributed by atoms with Gasteiger partial charge in [0.05, 0.1) is 10.9 Å². The van der Waals surface area contributed by atoms with E-state index in [1.807, 2.05) is 0 Å². The Morgan fingerprint density at radius 3 is 2.44 bits per heavy atom. The number of nitrogens with zero attached hydrogens (tertiary/aromatic N) is 1. The van der Waals surface area contributed by atoms with Crippen LogP contribution in [0.1, 0.15) is 12.8 Å². The molecule has 1 aromatic heterocycles. The summed E-state index contributed by atoms with van der Waals surface area (Å²) in [4.78, 5) is 24.1. The molecule has 1 aliphatic carbocycles. The summed E-state index contributed by atoms with van der Waals surface area (Å²) in [5, 5.41) is 5.44. The molecule has 0 unspecified atom stereocenters. The molecule has 27 heavy (non-hydrogen) atoms. The Balaban J connectivity index is 1.61. The number of hydrogen-bond acceptors (Lipinski definition) is 5. The molecule has 1 aliphatic rings. The van der Waals surface area contributed by atoms with Crippen LogP contribution in [0, 0.1) is 5.92 Å². The molecule has 1 fully saturated rings. The van der Waals surface area contributed by atoms with Crippen LogP contribution in [0.4, 0.5) is 11.4 Å². The molecule has 1 aromatic carbocycles. The number of thiophene rings is 1. The van der Waals surface area contributed by atoms with Crippen LogP contribution in [0.15, 0.2) is 40.6 Å². The third-order valence-electron chi connectivity index (χ3n) is 3.94. The van der Waals surface area contributed by atoms with E-state index in [0.29, 0.717) is 15.7 Å². The lowest BCUT2D eigenvalue weighted by Gasteiger charge is -2.16. The molecule has 3 rings (SSSR count). The van der Waals surface area contributed by atoms with Crippen molar-refractivity contribution in [2.45, 2.75) is 17.1 Å². The quantitative estimate of drug-likeness (QED) is 0.709. The molecule has 2 aromatic rings. The maximum atomic E-state index is 12.4. The van der Waals surface area contributed by atoms with Crippen LogP contribution in [0.2, 0.25) is 4.34 Å². The highest BCUT2D eigenvalue weighted by molar-refractivity contribution is 7.91. The molecule has 0 radical (unpaired) electrons. The van der Waals surface area contributed by atoms with Gasteiger partial charge in [0, 0.05) is 24.3 Å². The van der Waals surface area contributed by atoms with Crippen LogP contribution in [-0.4, -0.2) is 38.1 Å². The van der Waals surface area contributed by atoms with Crippen molar-refractivity contribution in [3.63, 3.8) is 0 Å². The lowest BCUT2D eigenvalue weighted by atomic mass is 10.2. The summed E-state index contributed by atoms with van der Waals surface area (Å²) >= 11 is 6.72. The molecule has 0 saturated heterocycles. The average molecular weight is 428 g/mol. The van der Waals surface area contributed by atoms with E-state index in [9.17, 15) is 18.0 Å². The van der Waals surface area contributed by atoms with Crippen molar-refractivity contribution in [3.05, 3.63) is 40.7 Å². The number of hydrogen-bond donors (Lipinski definition) is 2. The first kappa shape index (κ1) is 19.8. The normalized spacial score (nSPS) is 14.2. The minimum Gasteiger partial charge on any atom is -0.326 e. The number of rotatable bonds is 7. The number of halogens is 1. The van der Waals surface area contributed by atoms with Gasteiger partial charge < -0.3 is 10.6 Å². The van der Waals surface area contributed by atoms with E-state index in [2.05, 4.69) is 10.6 Å². The highest BCUT2D eigenvalue weighted by Gasteiger charge is 2.29. The molecule has 0 bridgehead atoms.